The number of nitriles is 1. The van der Waals surface area contributed by atoms with Crippen LogP contribution in [0.1, 0.15) is 16.7 Å². The van der Waals surface area contributed by atoms with E-state index in [1.807, 2.05) is 0 Å². The monoisotopic (exact) mass is 214 g/mol. The van der Waals surface area contributed by atoms with Crippen LogP contribution in [0.3, 0.4) is 0 Å². The second-order valence-corrected chi connectivity index (χ2v) is 2.99. The van der Waals surface area contributed by atoms with Crippen LogP contribution in [0.2, 0.25) is 0 Å². The Morgan fingerprint density at radius 3 is 2.47 bits per heavy atom. The van der Waals surface area contributed by atoms with Crippen molar-refractivity contribution in [2.75, 3.05) is 6.54 Å². The fourth-order valence-corrected chi connectivity index (χ4v) is 1.39. The van der Waals surface area contributed by atoms with Gasteiger partial charge in [0.25, 0.3) is 0 Å². The Labute approximate surface area is 85.1 Å². The van der Waals surface area contributed by atoms with E-state index in [4.69, 9.17) is 11.0 Å². The predicted molar refractivity (Wildman–Crippen MR) is 48.9 cm³/mol. The van der Waals surface area contributed by atoms with Crippen LogP contribution in [0, 0.1) is 11.3 Å². The first-order valence-electron chi connectivity index (χ1n) is 4.30. The smallest absolute Gasteiger partial charge is 0.330 e. The van der Waals surface area contributed by atoms with Crippen molar-refractivity contribution in [2.45, 2.75) is 12.6 Å². The lowest BCUT2D eigenvalue weighted by Crippen LogP contribution is -2.14. The summed E-state index contributed by atoms with van der Waals surface area (Å²) in [6.07, 6.45) is -4.39. The van der Waals surface area contributed by atoms with Gasteiger partial charge in [0, 0.05) is 0 Å². The number of benzene rings is 1. The second kappa shape index (κ2) is 4.32. The zero-order valence-corrected chi connectivity index (χ0v) is 7.80. The molecule has 80 valence electrons. The Bertz CT molecular complexity index is 391. The van der Waals surface area contributed by atoms with E-state index in [0.29, 0.717) is 0 Å². The molecule has 0 heterocycles. The lowest BCUT2D eigenvalue weighted by atomic mass is 9.99. The third-order valence-electron chi connectivity index (χ3n) is 1.97. The molecule has 0 amide bonds. The minimum atomic E-state index is -4.50. The third-order valence-corrected chi connectivity index (χ3v) is 1.97. The van der Waals surface area contributed by atoms with Crippen LogP contribution in [-0.4, -0.2) is 6.54 Å². The normalized spacial score (nSPS) is 11.1. The molecule has 0 radical (unpaired) electrons. The van der Waals surface area contributed by atoms with Crippen LogP contribution in [0.5, 0.6) is 0 Å². The first-order chi connectivity index (χ1) is 7.00. The van der Waals surface area contributed by atoms with Crippen LogP contribution in [0.25, 0.3) is 0 Å². The molecule has 0 aliphatic carbocycles. The van der Waals surface area contributed by atoms with Gasteiger partial charge in [0.15, 0.2) is 0 Å². The standard InChI is InChI=1S/C10H9F3N2/c11-10(12,13)9-7(4-5-14)2-1-3-8(9)6-15/h1-3H,4-5,14H2. The Balaban J connectivity index is 3.35. The largest absolute Gasteiger partial charge is 0.417 e. The Morgan fingerprint density at radius 2 is 2.00 bits per heavy atom. The van der Waals surface area contributed by atoms with Gasteiger partial charge in [-0.25, -0.2) is 0 Å². The van der Waals surface area contributed by atoms with Crippen LogP contribution in [0.4, 0.5) is 13.2 Å². The molecular weight excluding hydrogens is 205 g/mol. The van der Waals surface area contributed by atoms with Crippen LogP contribution < -0.4 is 5.73 Å². The number of rotatable bonds is 2. The molecule has 0 unspecified atom stereocenters. The molecule has 1 rings (SSSR count). The highest BCUT2D eigenvalue weighted by Crippen LogP contribution is 2.34. The quantitative estimate of drug-likeness (QED) is 0.819. The summed E-state index contributed by atoms with van der Waals surface area (Å²) in [5.74, 6) is 0. The summed E-state index contributed by atoms with van der Waals surface area (Å²) in [4.78, 5) is 0. The first kappa shape index (κ1) is 11.5. The molecule has 0 fully saturated rings. The van der Waals surface area contributed by atoms with Gasteiger partial charge in [-0.3, -0.25) is 0 Å². The lowest BCUT2D eigenvalue weighted by Gasteiger charge is -2.13. The molecular formula is C10H9F3N2. The van der Waals surface area contributed by atoms with Crippen molar-refractivity contribution in [3.05, 3.63) is 34.9 Å². The molecule has 0 aliphatic rings. The van der Waals surface area contributed by atoms with E-state index in [0.717, 1.165) is 6.07 Å². The average molecular weight is 214 g/mol. The van der Waals surface area contributed by atoms with Gasteiger partial charge in [0.1, 0.15) is 0 Å². The molecule has 15 heavy (non-hydrogen) atoms. The van der Waals surface area contributed by atoms with Crippen molar-refractivity contribution in [3.63, 3.8) is 0 Å². The van der Waals surface area contributed by atoms with Crippen LogP contribution >= 0.6 is 0 Å². The molecule has 0 aliphatic heterocycles. The summed E-state index contributed by atoms with van der Waals surface area (Å²) in [6, 6.07) is 5.47. The zero-order chi connectivity index (χ0) is 11.5. The number of hydrogen-bond donors (Lipinski definition) is 1. The molecule has 0 saturated heterocycles. The maximum absolute atomic E-state index is 12.6. The van der Waals surface area contributed by atoms with Gasteiger partial charge in [-0.1, -0.05) is 12.1 Å². The minimum absolute atomic E-state index is 0.0732. The summed E-state index contributed by atoms with van der Waals surface area (Å²) in [5.41, 5.74) is 4.07. The highest BCUT2D eigenvalue weighted by atomic mass is 19.4. The molecule has 1 aromatic carbocycles. The fraction of sp³-hybridized carbons (Fsp3) is 0.300. The van der Waals surface area contributed by atoms with E-state index in [9.17, 15) is 13.2 Å². The number of nitrogens with zero attached hydrogens (tertiary/aromatic N) is 1. The predicted octanol–water partition coefficient (Wildman–Crippen LogP) is 2.08. The molecule has 1 aromatic rings. The second-order valence-electron chi connectivity index (χ2n) is 2.99. The van der Waals surface area contributed by atoms with Crippen LogP contribution in [-0.2, 0) is 12.6 Å². The average Bonchev–Trinajstić information content (AvgIpc) is 2.16. The molecule has 0 spiro atoms. The van der Waals surface area contributed by atoms with Gasteiger partial charge in [0.05, 0.1) is 17.2 Å². The van der Waals surface area contributed by atoms with Gasteiger partial charge in [0.2, 0.25) is 0 Å². The summed E-state index contributed by atoms with van der Waals surface area (Å²) in [7, 11) is 0. The minimum Gasteiger partial charge on any atom is -0.330 e. The van der Waals surface area contributed by atoms with Crippen molar-refractivity contribution in [2.24, 2.45) is 5.73 Å². The fourth-order valence-electron chi connectivity index (χ4n) is 1.39. The molecule has 0 atom stereocenters. The van der Waals surface area contributed by atoms with Gasteiger partial charge >= 0.3 is 6.18 Å². The van der Waals surface area contributed by atoms with E-state index in [1.165, 1.54) is 12.1 Å². The van der Waals surface area contributed by atoms with E-state index < -0.39 is 11.7 Å². The maximum atomic E-state index is 12.6. The van der Waals surface area contributed by atoms with Crippen molar-refractivity contribution in [3.8, 4) is 6.07 Å². The topological polar surface area (TPSA) is 49.8 Å². The number of hydrogen-bond acceptors (Lipinski definition) is 2. The summed E-state index contributed by atoms with van der Waals surface area (Å²) in [5, 5.41) is 8.59. The summed E-state index contributed by atoms with van der Waals surface area (Å²) in [6.45, 7) is 0.123. The third kappa shape index (κ3) is 2.48. The zero-order valence-electron chi connectivity index (χ0n) is 7.80. The van der Waals surface area contributed by atoms with E-state index in [-0.39, 0.29) is 24.1 Å². The molecule has 0 saturated carbocycles. The summed E-state index contributed by atoms with van der Waals surface area (Å²) >= 11 is 0. The van der Waals surface area contributed by atoms with Crippen molar-refractivity contribution in [1.29, 1.82) is 5.26 Å². The highest BCUT2D eigenvalue weighted by molar-refractivity contribution is 5.44. The number of alkyl halides is 3. The van der Waals surface area contributed by atoms with E-state index in [1.54, 1.807) is 6.07 Å². The van der Waals surface area contributed by atoms with Crippen molar-refractivity contribution >= 4 is 0 Å². The summed E-state index contributed by atoms with van der Waals surface area (Å²) < 4.78 is 37.9. The Morgan fingerprint density at radius 1 is 1.33 bits per heavy atom. The molecule has 2 N–H and O–H groups in total. The Hall–Kier alpha value is -1.54. The van der Waals surface area contributed by atoms with Gasteiger partial charge < -0.3 is 5.73 Å². The van der Waals surface area contributed by atoms with E-state index >= 15 is 0 Å². The molecule has 2 nitrogen and oxygen atoms in total. The first-order valence-corrected chi connectivity index (χ1v) is 4.30. The van der Waals surface area contributed by atoms with Crippen molar-refractivity contribution in [1.82, 2.24) is 0 Å². The maximum Gasteiger partial charge on any atom is 0.417 e. The van der Waals surface area contributed by atoms with Crippen LogP contribution in [0.15, 0.2) is 18.2 Å². The molecule has 0 bridgehead atoms. The van der Waals surface area contributed by atoms with E-state index in [2.05, 4.69) is 0 Å². The highest BCUT2D eigenvalue weighted by Gasteiger charge is 2.35. The number of nitrogens with two attached hydrogens (primary N) is 1. The molecule has 5 heteroatoms. The van der Waals surface area contributed by atoms with Gasteiger partial charge in [-0.05, 0) is 24.6 Å². The molecule has 0 aromatic heterocycles. The SMILES string of the molecule is N#Cc1cccc(CCN)c1C(F)(F)F. The number of halogens is 3. The van der Waals surface area contributed by atoms with Gasteiger partial charge in [-0.2, -0.15) is 18.4 Å². The van der Waals surface area contributed by atoms with Crippen molar-refractivity contribution < 1.29 is 13.2 Å². The Kier molecular flexibility index (Phi) is 3.32. The van der Waals surface area contributed by atoms with Gasteiger partial charge in [-0.15, -0.1) is 0 Å². The lowest BCUT2D eigenvalue weighted by molar-refractivity contribution is -0.138.